The molecular formula is C21H29N3O3S2. The molecule has 2 heterocycles. The Morgan fingerprint density at radius 1 is 1.24 bits per heavy atom. The summed E-state index contributed by atoms with van der Waals surface area (Å²) in [5, 5.41) is 4.99. The van der Waals surface area contributed by atoms with Gasteiger partial charge in [-0.25, -0.2) is 8.42 Å². The number of likely N-dealkylation sites (N-methyl/N-ethyl adjacent to an activating group) is 1. The number of nitrogens with zero attached hydrogens (tertiary/aromatic N) is 2. The first kappa shape index (κ1) is 22.0. The molecule has 0 bridgehead atoms. The Morgan fingerprint density at radius 3 is 2.55 bits per heavy atom. The minimum Gasteiger partial charge on any atom is -0.350 e. The Hall–Kier alpha value is -1.74. The van der Waals surface area contributed by atoms with E-state index in [1.807, 2.05) is 32.5 Å². The summed E-state index contributed by atoms with van der Waals surface area (Å²) < 4.78 is 27.4. The van der Waals surface area contributed by atoms with Crippen LogP contribution in [-0.2, 0) is 10.0 Å². The normalized spacial score (nSPS) is 19.2. The zero-order chi connectivity index (χ0) is 21.0. The van der Waals surface area contributed by atoms with Gasteiger partial charge in [0.05, 0.1) is 10.9 Å². The predicted molar refractivity (Wildman–Crippen MR) is 117 cm³/mol. The lowest BCUT2D eigenvalue weighted by Crippen LogP contribution is -2.41. The number of benzene rings is 1. The molecule has 0 radical (unpaired) electrons. The number of piperidine rings is 1. The minimum absolute atomic E-state index is 0.0111. The smallest absolute Gasteiger partial charge is 0.251 e. The van der Waals surface area contributed by atoms with Crippen molar-refractivity contribution >= 4 is 27.3 Å². The monoisotopic (exact) mass is 435 g/mol. The van der Waals surface area contributed by atoms with E-state index in [-0.39, 0.29) is 22.9 Å². The Labute approximate surface area is 177 Å². The number of hydrogen-bond donors (Lipinski definition) is 1. The fraction of sp³-hybridized carbons (Fsp3) is 0.476. The van der Waals surface area contributed by atoms with Crippen LogP contribution in [0, 0.1) is 0 Å². The number of carbonyl (C=O) groups excluding carboxylic acids is 1. The number of thiophene rings is 1. The molecule has 1 aliphatic rings. The minimum atomic E-state index is -3.52. The molecule has 1 fully saturated rings. The van der Waals surface area contributed by atoms with Crippen molar-refractivity contribution in [1.82, 2.24) is 14.5 Å². The molecule has 29 heavy (non-hydrogen) atoms. The number of carbonyl (C=O) groups is 1. The maximum absolute atomic E-state index is 12.9. The van der Waals surface area contributed by atoms with E-state index in [2.05, 4.69) is 16.3 Å². The highest BCUT2D eigenvalue weighted by atomic mass is 32.2. The number of sulfonamides is 1. The summed E-state index contributed by atoms with van der Waals surface area (Å²) in [6.45, 7) is 2.99. The Bertz CT molecular complexity index is 909. The van der Waals surface area contributed by atoms with Gasteiger partial charge in [-0.2, -0.15) is 4.31 Å². The van der Waals surface area contributed by atoms with Crippen molar-refractivity contribution in [3.05, 3.63) is 52.2 Å². The summed E-state index contributed by atoms with van der Waals surface area (Å²) in [7, 11) is 0.444. The molecule has 2 atom stereocenters. The fourth-order valence-electron chi connectivity index (χ4n) is 3.65. The van der Waals surface area contributed by atoms with Gasteiger partial charge >= 0.3 is 0 Å². The maximum atomic E-state index is 12.9. The molecule has 3 rings (SSSR count). The van der Waals surface area contributed by atoms with E-state index in [1.165, 1.54) is 17.0 Å². The van der Waals surface area contributed by atoms with E-state index in [4.69, 9.17) is 0 Å². The third kappa shape index (κ3) is 5.06. The number of hydrogen-bond acceptors (Lipinski definition) is 5. The van der Waals surface area contributed by atoms with Gasteiger partial charge in [0, 0.05) is 29.6 Å². The van der Waals surface area contributed by atoms with Crippen LogP contribution in [0.3, 0.4) is 0 Å². The van der Waals surface area contributed by atoms with E-state index >= 15 is 0 Å². The molecule has 0 spiro atoms. The van der Waals surface area contributed by atoms with Crippen LogP contribution in [0.2, 0.25) is 0 Å². The van der Waals surface area contributed by atoms with E-state index in [0.717, 1.165) is 19.3 Å². The van der Waals surface area contributed by atoms with Crippen LogP contribution in [0.5, 0.6) is 0 Å². The average Bonchev–Trinajstić information content (AvgIpc) is 3.22. The van der Waals surface area contributed by atoms with E-state index < -0.39 is 10.0 Å². The Morgan fingerprint density at radius 2 is 1.97 bits per heavy atom. The van der Waals surface area contributed by atoms with Gasteiger partial charge in [0.2, 0.25) is 10.0 Å². The maximum Gasteiger partial charge on any atom is 0.251 e. The molecule has 158 valence electrons. The van der Waals surface area contributed by atoms with E-state index in [1.54, 1.807) is 27.8 Å². The second kappa shape index (κ2) is 9.38. The summed E-state index contributed by atoms with van der Waals surface area (Å²) in [6, 6.07) is 10.4. The summed E-state index contributed by atoms with van der Waals surface area (Å²) in [5.74, 6) is -0.205. The van der Waals surface area contributed by atoms with E-state index in [9.17, 15) is 13.2 Å². The van der Waals surface area contributed by atoms with Crippen molar-refractivity contribution in [1.29, 1.82) is 0 Å². The van der Waals surface area contributed by atoms with Crippen molar-refractivity contribution in [3.8, 4) is 0 Å². The first-order valence-corrected chi connectivity index (χ1v) is 12.2. The summed E-state index contributed by atoms with van der Waals surface area (Å²) >= 11 is 1.66. The number of nitrogens with one attached hydrogen (secondary N) is 1. The molecular weight excluding hydrogens is 406 g/mol. The summed E-state index contributed by atoms with van der Waals surface area (Å²) in [5.41, 5.74) is 0.458. The standard InChI is InChI=1S/C21H29N3O3S2/c1-16-7-4-5-13-24(16)29(26,27)18-11-9-17(10-12-18)21(25)22-15-19(23(2)3)20-8-6-14-28-20/h6,8-12,14,16,19H,4-5,7,13,15H2,1-3H3,(H,22,25)/t16-,19+/m0/s1. The SMILES string of the molecule is C[C@H]1CCCCN1S(=O)(=O)c1ccc(C(=O)NC[C@H](c2cccs2)N(C)C)cc1. The first-order chi connectivity index (χ1) is 13.8. The Balaban J connectivity index is 1.67. The summed E-state index contributed by atoms with van der Waals surface area (Å²) in [6.07, 6.45) is 2.84. The lowest BCUT2D eigenvalue weighted by atomic mass is 10.1. The van der Waals surface area contributed by atoms with Gasteiger partial charge in [0.1, 0.15) is 0 Å². The van der Waals surface area contributed by atoms with Crippen LogP contribution in [0.25, 0.3) is 0 Å². The van der Waals surface area contributed by atoms with Gasteiger partial charge in [0.15, 0.2) is 0 Å². The highest BCUT2D eigenvalue weighted by Crippen LogP contribution is 2.25. The molecule has 1 N–H and O–H groups in total. The summed E-state index contributed by atoms with van der Waals surface area (Å²) in [4.78, 5) is 16.1. The van der Waals surface area contributed by atoms with Crippen LogP contribution >= 0.6 is 11.3 Å². The second-order valence-electron chi connectivity index (χ2n) is 7.69. The van der Waals surface area contributed by atoms with Crippen molar-refractivity contribution in [2.75, 3.05) is 27.2 Å². The van der Waals surface area contributed by atoms with Crippen molar-refractivity contribution in [3.63, 3.8) is 0 Å². The molecule has 1 aromatic heterocycles. The highest BCUT2D eigenvalue weighted by Gasteiger charge is 2.31. The zero-order valence-electron chi connectivity index (χ0n) is 17.2. The van der Waals surface area contributed by atoms with Gasteiger partial charge < -0.3 is 10.2 Å². The molecule has 0 aliphatic carbocycles. The van der Waals surface area contributed by atoms with Crippen LogP contribution in [0.1, 0.15) is 47.5 Å². The molecule has 0 saturated carbocycles. The van der Waals surface area contributed by atoms with Gasteiger partial charge in [-0.05, 0) is 69.6 Å². The highest BCUT2D eigenvalue weighted by molar-refractivity contribution is 7.89. The van der Waals surface area contributed by atoms with Crippen LogP contribution < -0.4 is 5.32 Å². The first-order valence-electron chi connectivity index (χ1n) is 9.90. The molecule has 1 saturated heterocycles. The third-order valence-corrected chi connectivity index (χ3v) is 8.42. The molecule has 6 nitrogen and oxygen atoms in total. The van der Waals surface area contributed by atoms with Gasteiger partial charge in [0.25, 0.3) is 5.91 Å². The fourth-order valence-corrected chi connectivity index (χ4v) is 6.27. The quantitative estimate of drug-likeness (QED) is 0.724. The largest absolute Gasteiger partial charge is 0.350 e. The van der Waals surface area contributed by atoms with Crippen LogP contribution in [-0.4, -0.2) is 56.8 Å². The van der Waals surface area contributed by atoms with Gasteiger partial charge in [-0.15, -0.1) is 11.3 Å². The van der Waals surface area contributed by atoms with Crippen molar-refractivity contribution < 1.29 is 13.2 Å². The number of rotatable bonds is 7. The van der Waals surface area contributed by atoms with Crippen molar-refractivity contribution in [2.24, 2.45) is 0 Å². The molecule has 8 heteroatoms. The molecule has 1 amide bonds. The molecule has 1 aliphatic heterocycles. The van der Waals surface area contributed by atoms with Gasteiger partial charge in [-0.3, -0.25) is 4.79 Å². The lowest BCUT2D eigenvalue weighted by molar-refractivity contribution is 0.0942. The van der Waals surface area contributed by atoms with Gasteiger partial charge in [-0.1, -0.05) is 12.5 Å². The molecule has 0 unspecified atom stereocenters. The molecule has 2 aromatic rings. The van der Waals surface area contributed by atoms with Crippen LogP contribution in [0.4, 0.5) is 0 Å². The zero-order valence-corrected chi connectivity index (χ0v) is 18.8. The third-order valence-electron chi connectivity index (χ3n) is 5.42. The van der Waals surface area contributed by atoms with E-state index in [0.29, 0.717) is 18.7 Å². The predicted octanol–water partition coefficient (Wildman–Crippen LogP) is 3.34. The molecule has 1 aromatic carbocycles. The topological polar surface area (TPSA) is 69.7 Å². The van der Waals surface area contributed by atoms with Crippen LogP contribution in [0.15, 0.2) is 46.7 Å². The Kier molecular flexibility index (Phi) is 7.10. The van der Waals surface area contributed by atoms with Crippen molar-refractivity contribution in [2.45, 2.75) is 43.2 Å². The average molecular weight is 436 g/mol. The number of amides is 1. The lowest BCUT2D eigenvalue weighted by Gasteiger charge is -2.32. The second-order valence-corrected chi connectivity index (χ2v) is 10.6.